The highest BCUT2D eigenvalue weighted by molar-refractivity contribution is 9.10. The summed E-state index contributed by atoms with van der Waals surface area (Å²) < 4.78 is 0. The van der Waals surface area contributed by atoms with Crippen LogP contribution in [0.25, 0.3) is 0 Å². The molecule has 0 aromatic carbocycles. The van der Waals surface area contributed by atoms with Gasteiger partial charge in [0.15, 0.2) is 0 Å². The first-order valence-corrected chi connectivity index (χ1v) is 6.85. The Labute approximate surface area is 106 Å². The van der Waals surface area contributed by atoms with Crippen molar-refractivity contribution in [2.45, 2.75) is 18.2 Å². The molecule has 0 aromatic heterocycles. The number of alkyl halides is 1. The lowest BCUT2D eigenvalue weighted by molar-refractivity contribution is -0.125. The lowest BCUT2D eigenvalue weighted by Crippen LogP contribution is -2.39. The molecule has 1 saturated heterocycles. The van der Waals surface area contributed by atoms with Crippen LogP contribution in [0.15, 0.2) is 0 Å². The van der Waals surface area contributed by atoms with Gasteiger partial charge in [-0.25, -0.2) is 0 Å². The molecule has 0 aliphatic carbocycles. The Kier molecular flexibility index (Phi) is 5.27. The van der Waals surface area contributed by atoms with Gasteiger partial charge < -0.3 is 5.32 Å². The van der Waals surface area contributed by atoms with Gasteiger partial charge in [0.2, 0.25) is 11.8 Å². The van der Waals surface area contributed by atoms with Gasteiger partial charge in [-0.3, -0.25) is 19.3 Å². The molecule has 7 heteroatoms. The summed E-state index contributed by atoms with van der Waals surface area (Å²) in [6.07, 6.45) is 0.698. The molecule has 90 valence electrons. The van der Waals surface area contributed by atoms with Gasteiger partial charge in [0.05, 0.1) is 10.6 Å². The van der Waals surface area contributed by atoms with Crippen LogP contribution in [-0.4, -0.2) is 45.6 Å². The highest BCUT2D eigenvalue weighted by atomic mass is 79.9. The summed E-state index contributed by atoms with van der Waals surface area (Å²) in [5, 5.41) is 2.43. The van der Waals surface area contributed by atoms with E-state index in [0.717, 1.165) is 11.8 Å². The number of hydrogen-bond donors (Lipinski definition) is 1. The number of halogens is 1. The summed E-state index contributed by atoms with van der Waals surface area (Å²) in [7, 11) is 0. The number of nitrogens with zero attached hydrogens (tertiary/aromatic N) is 1. The lowest BCUT2D eigenvalue weighted by Gasteiger charge is -2.14. The van der Waals surface area contributed by atoms with Crippen LogP contribution in [0.4, 0.5) is 4.79 Å². The van der Waals surface area contributed by atoms with Crippen LogP contribution in [0.1, 0.15) is 13.3 Å². The van der Waals surface area contributed by atoms with Crippen molar-refractivity contribution in [2.75, 3.05) is 18.8 Å². The maximum atomic E-state index is 11.4. The van der Waals surface area contributed by atoms with E-state index in [1.807, 2.05) is 6.92 Å². The highest BCUT2D eigenvalue weighted by Gasteiger charge is 2.29. The standard InChI is InChI=1S/C9H13BrN2O3S/c1-2-6(10)8(14)11-3-4-12-7(13)5-16-9(12)15/h6H,2-5H2,1H3,(H,11,14). The first kappa shape index (κ1) is 13.5. The van der Waals surface area contributed by atoms with E-state index in [1.54, 1.807) is 0 Å². The molecule has 1 fully saturated rings. The Morgan fingerprint density at radius 3 is 2.81 bits per heavy atom. The van der Waals surface area contributed by atoms with E-state index in [-0.39, 0.29) is 34.2 Å². The number of carbonyl (C=O) groups excluding carboxylic acids is 3. The minimum absolute atomic E-state index is 0.116. The third-order valence-corrected chi connectivity index (χ3v) is 4.04. The maximum Gasteiger partial charge on any atom is 0.288 e. The molecule has 0 aromatic rings. The van der Waals surface area contributed by atoms with Crippen molar-refractivity contribution in [1.82, 2.24) is 10.2 Å². The average Bonchev–Trinajstić information content (AvgIpc) is 2.59. The summed E-state index contributed by atoms with van der Waals surface area (Å²) >= 11 is 4.21. The average molecular weight is 309 g/mol. The predicted octanol–water partition coefficient (Wildman–Crippen LogP) is 0.972. The number of imide groups is 1. The Morgan fingerprint density at radius 1 is 1.62 bits per heavy atom. The van der Waals surface area contributed by atoms with Crippen molar-refractivity contribution in [3.63, 3.8) is 0 Å². The van der Waals surface area contributed by atoms with Gasteiger partial charge in [-0.15, -0.1) is 0 Å². The summed E-state index contributed by atoms with van der Waals surface area (Å²) in [5.41, 5.74) is 0. The van der Waals surface area contributed by atoms with E-state index in [9.17, 15) is 14.4 Å². The largest absolute Gasteiger partial charge is 0.353 e. The van der Waals surface area contributed by atoms with Crippen molar-refractivity contribution in [2.24, 2.45) is 0 Å². The number of hydrogen-bond acceptors (Lipinski definition) is 4. The lowest BCUT2D eigenvalue weighted by atomic mass is 10.3. The summed E-state index contributed by atoms with van der Waals surface area (Å²) in [5.74, 6) is -0.0904. The minimum Gasteiger partial charge on any atom is -0.353 e. The van der Waals surface area contributed by atoms with Crippen LogP contribution in [0.2, 0.25) is 0 Å². The topological polar surface area (TPSA) is 66.5 Å². The van der Waals surface area contributed by atoms with E-state index in [0.29, 0.717) is 13.0 Å². The van der Waals surface area contributed by atoms with Crippen LogP contribution in [-0.2, 0) is 9.59 Å². The quantitative estimate of drug-likeness (QED) is 0.769. The molecule has 5 nitrogen and oxygen atoms in total. The van der Waals surface area contributed by atoms with Crippen molar-refractivity contribution in [3.8, 4) is 0 Å². The van der Waals surface area contributed by atoms with Crippen molar-refractivity contribution in [1.29, 1.82) is 0 Å². The number of nitrogens with one attached hydrogen (secondary N) is 1. The minimum atomic E-state index is -0.231. The smallest absolute Gasteiger partial charge is 0.288 e. The molecule has 0 saturated carbocycles. The van der Waals surface area contributed by atoms with Crippen LogP contribution >= 0.6 is 27.7 Å². The van der Waals surface area contributed by atoms with Gasteiger partial charge in [0.1, 0.15) is 0 Å². The zero-order chi connectivity index (χ0) is 12.1. The predicted molar refractivity (Wildman–Crippen MR) is 65.6 cm³/mol. The molecule has 1 atom stereocenters. The van der Waals surface area contributed by atoms with E-state index >= 15 is 0 Å². The summed E-state index contributed by atoms with van der Waals surface area (Å²) in [6.45, 7) is 2.45. The fourth-order valence-corrected chi connectivity index (χ4v) is 2.10. The van der Waals surface area contributed by atoms with Crippen LogP contribution < -0.4 is 5.32 Å². The molecule has 1 N–H and O–H groups in total. The second-order valence-electron chi connectivity index (χ2n) is 3.27. The molecular formula is C9H13BrN2O3S. The van der Waals surface area contributed by atoms with E-state index in [4.69, 9.17) is 0 Å². The molecule has 1 heterocycles. The first-order chi connectivity index (χ1) is 7.56. The summed E-state index contributed by atoms with van der Waals surface area (Å²) in [6, 6.07) is 0. The monoisotopic (exact) mass is 308 g/mol. The number of amides is 3. The van der Waals surface area contributed by atoms with E-state index in [1.165, 1.54) is 4.90 Å². The van der Waals surface area contributed by atoms with Crippen LogP contribution in [0, 0.1) is 0 Å². The second kappa shape index (κ2) is 6.24. The van der Waals surface area contributed by atoms with Crippen LogP contribution in [0.3, 0.4) is 0 Å². The van der Waals surface area contributed by atoms with E-state index < -0.39 is 0 Å². The third-order valence-electron chi connectivity index (χ3n) is 2.12. The molecule has 1 aliphatic rings. The van der Waals surface area contributed by atoms with Gasteiger partial charge in [-0.1, -0.05) is 34.6 Å². The number of thioether (sulfide) groups is 1. The Morgan fingerprint density at radius 2 is 2.31 bits per heavy atom. The normalized spacial score (nSPS) is 17.8. The van der Waals surface area contributed by atoms with Gasteiger partial charge in [-0.2, -0.15) is 0 Å². The highest BCUT2D eigenvalue weighted by Crippen LogP contribution is 2.17. The molecule has 0 bridgehead atoms. The Balaban J connectivity index is 2.28. The zero-order valence-electron chi connectivity index (χ0n) is 8.86. The van der Waals surface area contributed by atoms with Crippen molar-refractivity contribution >= 4 is 44.7 Å². The SMILES string of the molecule is CCC(Br)C(=O)NCCN1C(=O)CSC1=O. The maximum absolute atomic E-state index is 11.4. The first-order valence-electron chi connectivity index (χ1n) is 4.95. The van der Waals surface area contributed by atoms with Crippen molar-refractivity contribution < 1.29 is 14.4 Å². The second-order valence-corrected chi connectivity index (χ2v) is 5.30. The molecular weight excluding hydrogens is 296 g/mol. The number of rotatable bonds is 5. The molecule has 0 radical (unpaired) electrons. The molecule has 1 aliphatic heterocycles. The molecule has 1 unspecified atom stereocenters. The molecule has 0 spiro atoms. The fourth-order valence-electron chi connectivity index (χ4n) is 1.18. The Bertz CT molecular complexity index is 295. The van der Waals surface area contributed by atoms with Gasteiger partial charge in [0.25, 0.3) is 5.24 Å². The van der Waals surface area contributed by atoms with Gasteiger partial charge >= 0.3 is 0 Å². The summed E-state index contributed by atoms with van der Waals surface area (Å²) in [4.78, 5) is 34.7. The third kappa shape index (κ3) is 3.48. The van der Waals surface area contributed by atoms with E-state index in [2.05, 4.69) is 21.2 Å². The van der Waals surface area contributed by atoms with Crippen molar-refractivity contribution in [3.05, 3.63) is 0 Å². The van der Waals surface area contributed by atoms with Gasteiger partial charge in [0, 0.05) is 13.1 Å². The molecule has 3 amide bonds. The number of carbonyl (C=O) groups is 3. The Hall–Kier alpha value is -0.560. The van der Waals surface area contributed by atoms with Crippen LogP contribution in [0.5, 0.6) is 0 Å². The molecule has 16 heavy (non-hydrogen) atoms. The zero-order valence-corrected chi connectivity index (χ0v) is 11.3. The van der Waals surface area contributed by atoms with Gasteiger partial charge in [-0.05, 0) is 6.42 Å². The fraction of sp³-hybridized carbons (Fsp3) is 0.667. The molecule has 1 rings (SSSR count).